The molecule has 0 aromatic carbocycles. The second-order valence-electron chi connectivity index (χ2n) is 4.61. The van der Waals surface area contributed by atoms with Crippen molar-refractivity contribution in [2.45, 2.75) is 46.0 Å². The molecule has 80 valence electrons. The van der Waals surface area contributed by atoms with Gasteiger partial charge in [-0.05, 0) is 44.2 Å². The maximum Gasteiger partial charge on any atom is 0.0628 e. The Balaban J connectivity index is 2.35. The minimum absolute atomic E-state index is 0.388. The van der Waals surface area contributed by atoms with E-state index in [0.717, 1.165) is 13.0 Å². The van der Waals surface area contributed by atoms with E-state index in [1.165, 1.54) is 38.8 Å². The van der Waals surface area contributed by atoms with Crippen LogP contribution in [0.5, 0.6) is 0 Å². The average Bonchev–Trinajstić information content (AvgIpc) is 2.86. The summed E-state index contributed by atoms with van der Waals surface area (Å²) in [6, 6.07) is 2.33. The molecule has 0 heterocycles. The molecule has 0 aromatic heterocycles. The number of hydrogen-bond acceptors (Lipinski definition) is 2. The molecule has 0 bridgehead atoms. The van der Waals surface area contributed by atoms with Crippen LogP contribution in [0, 0.1) is 16.7 Å². The first kappa shape index (κ1) is 11.5. The van der Waals surface area contributed by atoms with Crippen LogP contribution < -0.4 is 0 Å². The molecule has 14 heavy (non-hydrogen) atoms. The SMILES string of the molecule is CCCN(CCC)CC1(CC#N)CC1. The zero-order valence-corrected chi connectivity index (χ0v) is 9.55. The second-order valence-corrected chi connectivity index (χ2v) is 4.61. The van der Waals surface area contributed by atoms with Crippen molar-refractivity contribution >= 4 is 0 Å². The van der Waals surface area contributed by atoms with Crippen molar-refractivity contribution in [2.24, 2.45) is 5.41 Å². The van der Waals surface area contributed by atoms with Crippen LogP contribution in [0.2, 0.25) is 0 Å². The molecular weight excluding hydrogens is 172 g/mol. The Hall–Kier alpha value is -0.550. The van der Waals surface area contributed by atoms with Crippen LogP contribution >= 0.6 is 0 Å². The van der Waals surface area contributed by atoms with Crippen LogP contribution in [0.1, 0.15) is 46.0 Å². The highest BCUT2D eigenvalue weighted by Crippen LogP contribution is 2.49. The molecule has 1 aliphatic rings. The molecule has 0 aromatic rings. The van der Waals surface area contributed by atoms with Crippen LogP contribution in [0.15, 0.2) is 0 Å². The highest BCUT2D eigenvalue weighted by atomic mass is 15.1. The molecule has 0 amide bonds. The Morgan fingerprint density at radius 2 is 1.79 bits per heavy atom. The summed E-state index contributed by atoms with van der Waals surface area (Å²) in [5.74, 6) is 0. The van der Waals surface area contributed by atoms with E-state index in [2.05, 4.69) is 24.8 Å². The Kier molecular flexibility index (Phi) is 4.41. The third-order valence-electron chi connectivity index (χ3n) is 3.05. The first-order valence-electron chi connectivity index (χ1n) is 5.85. The van der Waals surface area contributed by atoms with Crippen molar-refractivity contribution in [1.29, 1.82) is 5.26 Å². The van der Waals surface area contributed by atoms with E-state index < -0.39 is 0 Å². The fourth-order valence-corrected chi connectivity index (χ4v) is 2.11. The Labute approximate surface area is 87.9 Å². The lowest BCUT2D eigenvalue weighted by molar-refractivity contribution is 0.221. The van der Waals surface area contributed by atoms with Gasteiger partial charge in [-0.3, -0.25) is 0 Å². The number of rotatable bonds is 7. The zero-order chi connectivity index (χ0) is 10.4. The van der Waals surface area contributed by atoms with Gasteiger partial charge in [0.15, 0.2) is 0 Å². The van der Waals surface area contributed by atoms with E-state index in [0.29, 0.717) is 5.41 Å². The quantitative estimate of drug-likeness (QED) is 0.623. The van der Waals surface area contributed by atoms with Gasteiger partial charge in [-0.15, -0.1) is 0 Å². The molecule has 0 N–H and O–H groups in total. The third kappa shape index (κ3) is 3.31. The molecule has 0 aliphatic heterocycles. The molecule has 1 fully saturated rings. The van der Waals surface area contributed by atoms with Crippen molar-refractivity contribution in [3.05, 3.63) is 0 Å². The summed E-state index contributed by atoms with van der Waals surface area (Å²) < 4.78 is 0. The summed E-state index contributed by atoms with van der Waals surface area (Å²) in [5.41, 5.74) is 0.388. The Morgan fingerprint density at radius 1 is 1.21 bits per heavy atom. The van der Waals surface area contributed by atoms with Gasteiger partial charge in [0, 0.05) is 13.0 Å². The largest absolute Gasteiger partial charge is 0.303 e. The van der Waals surface area contributed by atoms with E-state index in [9.17, 15) is 0 Å². The first-order chi connectivity index (χ1) is 6.76. The van der Waals surface area contributed by atoms with Gasteiger partial charge in [0.25, 0.3) is 0 Å². The molecule has 0 saturated heterocycles. The topological polar surface area (TPSA) is 27.0 Å². The summed E-state index contributed by atoms with van der Waals surface area (Å²) in [5, 5.41) is 8.75. The lowest BCUT2D eigenvalue weighted by Crippen LogP contribution is -2.31. The van der Waals surface area contributed by atoms with E-state index in [1.54, 1.807) is 0 Å². The zero-order valence-electron chi connectivity index (χ0n) is 9.55. The van der Waals surface area contributed by atoms with Gasteiger partial charge >= 0.3 is 0 Å². The Bertz CT molecular complexity index is 195. The standard InChI is InChI=1S/C12H22N2/c1-3-9-14(10-4-2)11-12(5-6-12)7-8-13/h3-7,9-11H2,1-2H3. The number of nitrogens with zero attached hydrogens (tertiary/aromatic N) is 2. The van der Waals surface area contributed by atoms with Crippen molar-refractivity contribution in [2.75, 3.05) is 19.6 Å². The predicted molar refractivity (Wildman–Crippen MR) is 58.9 cm³/mol. The Morgan fingerprint density at radius 3 is 2.14 bits per heavy atom. The summed E-state index contributed by atoms with van der Waals surface area (Å²) in [4.78, 5) is 2.53. The van der Waals surface area contributed by atoms with Crippen LogP contribution in [-0.4, -0.2) is 24.5 Å². The van der Waals surface area contributed by atoms with E-state index in [-0.39, 0.29) is 0 Å². The number of hydrogen-bond donors (Lipinski definition) is 0. The van der Waals surface area contributed by atoms with Crippen molar-refractivity contribution in [1.82, 2.24) is 4.90 Å². The first-order valence-corrected chi connectivity index (χ1v) is 5.85. The highest BCUT2D eigenvalue weighted by Gasteiger charge is 2.43. The summed E-state index contributed by atoms with van der Waals surface area (Å²) in [7, 11) is 0. The van der Waals surface area contributed by atoms with Crippen molar-refractivity contribution in [3.63, 3.8) is 0 Å². The van der Waals surface area contributed by atoms with Crippen LogP contribution in [0.4, 0.5) is 0 Å². The number of nitriles is 1. The molecule has 0 spiro atoms. The minimum atomic E-state index is 0.388. The van der Waals surface area contributed by atoms with Gasteiger partial charge in [0.2, 0.25) is 0 Å². The third-order valence-corrected chi connectivity index (χ3v) is 3.05. The molecule has 1 saturated carbocycles. The van der Waals surface area contributed by atoms with Crippen LogP contribution in [-0.2, 0) is 0 Å². The fourth-order valence-electron chi connectivity index (χ4n) is 2.11. The predicted octanol–water partition coefficient (Wildman–Crippen LogP) is 2.80. The normalized spacial score (nSPS) is 18.1. The maximum atomic E-state index is 8.75. The maximum absolute atomic E-state index is 8.75. The van der Waals surface area contributed by atoms with E-state index in [1.807, 2.05) is 0 Å². The molecule has 0 atom stereocenters. The molecular formula is C12H22N2. The molecule has 2 nitrogen and oxygen atoms in total. The van der Waals surface area contributed by atoms with E-state index >= 15 is 0 Å². The summed E-state index contributed by atoms with van der Waals surface area (Å²) >= 11 is 0. The van der Waals surface area contributed by atoms with Gasteiger partial charge in [0.1, 0.15) is 0 Å². The van der Waals surface area contributed by atoms with Gasteiger partial charge in [-0.1, -0.05) is 13.8 Å². The summed E-state index contributed by atoms with van der Waals surface area (Å²) in [6.07, 6.45) is 5.75. The lowest BCUT2D eigenvalue weighted by Gasteiger charge is -2.25. The average molecular weight is 194 g/mol. The highest BCUT2D eigenvalue weighted by molar-refractivity contribution is 5.01. The smallest absolute Gasteiger partial charge is 0.0628 e. The summed E-state index contributed by atoms with van der Waals surface area (Å²) in [6.45, 7) is 8.00. The van der Waals surface area contributed by atoms with Crippen LogP contribution in [0.3, 0.4) is 0 Å². The van der Waals surface area contributed by atoms with Gasteiger partial charge in [-0.25, -0.2) is 0 Å². The van der Waals surface area contributed by atoms with Crippen molar-refractivity contribution < 1.29 is 0 Å². The molecule has 2 heteroatoms. The minimum Gasteiger partial charge on any atom is -0.303 e. The van der Waals surface area contributed by atoms with Gasteiger partial charge in [-0.2, -0.15) is 5.26 Å². The second kappa shape index (κ2) is 5.36. The molecule has 0 radical (unpaired) electrons. The monoisotopic (exact) mass is 194 g/mol. The fraction of sp³-hybridized carbons (Fsp3) is 0.917. The van der Waals surface area contributed by atoms with Gasteiger partial charge < -0.3 is 4.90 Å². The lowest BCUT2D eigenvalue weighted by atomic mass is 10.0. The molecule has 1 rings (SSSR count). The van der Waals surface area contributed by atoms with Crippen molar-refractivity contribution in [3.8, 4) is 6.07 Å². The molecule has 1 aliphatic carbocycles. The molecule has 0 unspecified atom stereocenters. The van der Waals surface area contributed by atoms with E-state index in [4.69, 9.17) is 5.26 Å². The van der Waals surface area contributed by atoms with Crippen LogP contribution in [0.25, 0.3) is 0 Å². The van der Waals surface area contributed by atoms with Gasteiger partial charge in [0.05, 0.1) is 6.07 Å².